The zero-order valence-corrected chi connectivity index (χ0v) is 24.2. The SMILES string of the molecule is Cc1ccc(SCC(CS(=O)(=O)c2ccc(C)cc2)C(=O)c2ccc(C(=O)NCC(=O)NC(C)C)cc2)cc1. The van der Waals surface area contributed by atoms with Crippen molar-refractivity contribution in [3.8, 4) is 0 Å². The zero-order chi connectivity index (χ0) is 28.6. The molecular formula is C30H34N2O5S2. The quantitative estimate of drug-likeness (QED) is 0.245. The Morgan fingerprint density at radius 2 is 1.33 bits per heavy atom. The molecule has 39 heavy (non-hydrogen) atoms. The molecule has 3 rings (SSSR count). The summed E-state index contributed by atoms with van der Waals surface area (Å²) in [4.78, 5) is 38.9. The molecule has 0 aliphatic heterocycles. The smallest absolute Gasteiger partial charge is 0.251 e. The van der Waals surface area contributed by atoms with Crippen LogP contribution < -0.4 is 10.6 Å². The van der Waals surface area contributed by atoms with Gasteiger partial charge in [0.2, 0.25) is 5.91 Å². The first-order valence-electron chi connectivity index (χ1n) is 12.7. The first-order chi connectivity index (χ1) is 18.4. The molecule has 0 heterocycles. The summed E-state index contributed by atoms with van der Waals surface area (Å²) in [5.41, 5.74) is 2.67. The molecule has 0 fully saturated rings. The predicted octanol–water partition coefficient (Wildman–Crippen LogP) is 4.62. The summed E-state index contributed by atoms with van der Waals surface area (Å²) in [5.74, 6) is -1.91. The highest BCUT2D eigenvalue weighted by molar-refractivity contribution is 7.99. The fourth-order valence-electron chi connectivity index (χ4n) is 3.79. The number of nitrogens with one attached hydrogen (secondary N) is 2. The van der Waals surface area contributed by atoms with Crippen LogP contribution in [0.25, 0.3) is 0 Å². The van der Waals surface area contributed by atoms with Crippen molar-refractivity contribution in [3.63, 3.8) is 0 Å². The minimum absolute atomic E-state index is 0.0355. The zero-order valence-electron chi connectivity index (χ0n) is 22.6. The second-order valence-corrected chi connectivity index (χ2v) is 12.9. The Hall–Kier alpha value is -3.43. The van der Waals surface area contributed by atoms with Crippen molar-refractivity contribution in [1.29, 1.82) is 0 Å². The summed E-state index contributed by atoms with van der Waals surface area (Å²) >= 11 is 1.43. The molecule has 206 valence electrons. The summed E-state index contributed by atoms with van der Waals surface area (Å²) in [6, 6.07) is 20.5. The minimum Gasteiger partial charge on any atom is -0.352 e. The van der Waals surface area contributed by atoms with Gasteiger partial charge in [-0.25, -0.2) is 8.42 Å². The maximum absolute atomic E-state index is 13.6. The monoisotopic (exact) mass is 566 g/mol. The van der Waals surface area contributed by atoms with Crippen molar-refractivity contribution >= 4 is 39.2 Å². The van der Waals surface area contributed by atoms with E-state index in [1.54, 1.807) is 24.3 Å². The second kappa shape index (κ2) is 13.6. The number of hydrogen-bond donors (Lipinski definition) is 2. The third kappa shape index (κ3) is 9.07. The van der Waals surface area contributed by atoms with Crippen LogP contribution in [0.3, 0.4) is 0 Å². The topological polar surface area (TPSA) is 109 Å². The van der Waals surface area contributed by atoms with E-state index in [2.05, 4.69) is 10.6 Å². The van der Waals surface area contributed by atoms with Gasteiger partial charge >= 0.3 is 0 Å². The summed E-state index contributed by atoms with van der Waals surface area (Å²) in [7, 11) is -3.72. The van der Waals surface area contributed by atoms with Gasteiger partial charge in [0.1, 0.15) is 0 Å². The van der Waals surface area contributed by atoms with Crippen molar-refractivity contribution in [1.82, 2.24) is 10.6 Å². The van der Waals surface area contributed by atoms with Gasteiger partial charge in [-0.05, 0) is 64.1 Å². The maximum atomic E-state index is 13.6. The van der Waals surface area contributed by atoms with E-state index >= 15 is 0 Å². The molecule has 3 aromatic carbocycles. The Bertz CT molecular complexity index is 1400. The largest absolute Gasteiger partial charge is 0.352 e. The van der Waals surface area contributed by atoms with Crippen molar-refractivity contribution < 1.29 is 22.8 Å². The maximum Gasteiger partial charge on any atom is 0.251 e. The number of thioether (sulfide) groups is 1. The third-order valence-corrected chi connectivity index (χ3v) is 8.94. The van der Waals surface area contributed by atoms with Crippen molar-refractivity contribution in [2.45, 2.75) is 43.5 Å². The predicted molar refractivity (Wildman–Crippen MR) is 155 cm³/mol. The van der Waals surface area contributed by atoms with Crippen LogP contribution in [0.5, 0.6) is 0 Å². The molecule has 2 N–H and O–H groups in total. The van der Waals surface area contributed by atoms with Gasteiger partial charge in [-0.3, -0.25) is 14.4 Å². The van der Waals surface area contributed by atoms with Crippen molar-refractivity contribution in [2.24, 2.45) is 5.92 Å². The molecular weight excluding hydrogens is 532 g/mol. The second-order valence-electron chi connectivity index (χ2n) is 9.76. The fraction of sp³-hybridized carbons (Fsp3) is 0.300. The number of aryl methyl sites for hydroxylation is 2. The fourth-order valence-corrected chi connectivity index (χ4v) is 6.48. The summed E-state index contributed by atoms with van der Waals surface area (Å²) in [5, 5.41) is 5.25. The number of ketones is 1. The molecule has 1 unspecified atom stereocenters. The molecule has 0 aliphatic carbocycles. The summed E-state index contributed by atoms with van der Waals surface area (Å²) < 4.78 is 26.5. The number of amides is 2. The van der Waals surface area contributed by atoms with Crippen LogP contribution in [-0.4, -0.2) is 50.1 Å². The lowest BCUT2D eigenvalue weighted by atomic mass is 9.99. The van der Waals surface area contributed by atoms with Gasteiger partial charge in [-0.15, -0.1) is 11.8 Å². The Labute approximate surface area is 234 Å². The highest BCUT2D eigenvalue weighted by atomic mass is 32.2. The molecule has 0 spiro atoms. The van der Waals surface area contributed by atoms with E-state index in [0.29, 0.717) is 11.1 Å². The summed E-state index contributed by atoms with van der Waals surface area (Å²) in [6.45, 7) is 7.36. The normalized spacial score (nSPS) is 12.1. The Morgan fingerprint density at radius 1 is 0.795 bits per heavy atom. The average molecular weight is 567 g/mol. The van der Waals surface area contributed by atoms with Crippen LogP contribution in [0, 0.1) is 19.8 Å². The van der Waals surface area contributed by atoms with Crippen LogP contribution in [0.1, 0.15) is 45.7 Å². The van der Waals surface area contributed by atoms with Crippen LogP contribution in [-0.2, 0) is 14.6 Å². The van der Waals surface area contributed by atoms with E-state index in [1.807, 2.05) is 52.0 Å². The molecule has 0 radical (unpaired) electrons. The number of hydrogen-bond acceptors (Lipinski definition) is 6. The van der Waals surface area contributed by atoms with Gasteiger partial charge in [0.05, 0.1) is 17.2 Å². The van der Waals surface area contributed by atoms with Gasteiger partial charge < -0.3 is 10.6 Å². The Kier molecular flexibility index (Phi) is 10.5. The lowest BCUT2D eigenvalue weighted by Gasteiger charge is -2.17. The molecule has 9 heteroatoms. The summed E-state index contributed by atoms with van der Waals surface area (Å²) in [6.07, 6.45) is 0. The highest BCUT2D eigenvalue weighted by Gasteiger charge is 2.28. The molecule has 3 aromatic rings. The number of carbonyl (C=O) groups is 3. The molecule has 0 aromatic heterocycles. The number of sulfone groups is 1. The molecule has 0 saturated carbocycles. The number of rotatable bonds is 12. The van der Waals surface area contributed by atoms with Gasteiger partial charge in [0.15, 0.2) is 15.6 Å². The van der Waals surface area contributed by atoms with Crippen LogP contribution in [0.15, 0.2) is 82.6 Å². The van der Waals surface area contributed by atoms with Crippen molar-refractivity contribution in [3.05, 3.63) is 95.1 Å². The van der Waals surface area contributed by atoms with E-state index in [0.717, 1.165) is 16.0 Å². The minimum atomic E-state index is -3.72. The number of benzene rings is 3. The first-order valence-corrected chi connectivity index (χ1v) is 15.3. The van der Waals surface area contributed by atoms with Gasteiger partial charge in [0.25, 0.3) is 5.91 Å². The van der Waals surface area contributed by atoms with Gasteiger partial charge in [0, 0.05) is 33.7 Å². The number of Topliss-reactive ketones (excluding diaryl/α,β-unsaturated/α-hetero) is 1. The third-order valence-electron chi connectivity index (χ3n) is 5.93. The van der Waals surface area contributed by atoms with E-state index in [4.69, 9.17) is 0 Å². The molecule has 1 atom stereocenters. The van der Waals surface area contributed by atoms with Gasteiger partial charge in [-0.2, -0.15) is 0 Å². The van der Waals surface area contributed by atoms with E-state index < -0.39 is 21.7 Å². The number of carbonyl (C=O) groups excluding carboxylic acids is 3. The van der Waals surface area contributed by atoms with Crippen LogP contribution in [0.4, 0.5) is 0 Å². The van der Waals surface area contributed by atoms with E-state index in [1.165, 1.54) is 36.0 Å². The molecule has 7 nitrogen and oxygen atoms in total. The van der Waals surface area contributed by atoms with Crippen LogP contribution >= 0.6 is 11.8 Å². The lowest BCUT2D eigenvalue weighted by Crippen LogP contribution is -2.39. The van der Waals surface area contributed by atoms with Crippen molar-refractivity contribution in [2.75, 3.05) is 18.1 Å². The van der Waals surface area contributed by atoms with Gasteiger partial charge in [-0.1, -0.05) is 47.5 Å². The average Bonchev–Trinajstić information content (AvgIpc) is 2.90. The Balaban J connectivity index is 1.77. The Morgan fingerprint density at radius 3 is 1.90 bits per heavy atom. The standard InChI is InChI=1S/C30H34N2O5S2/c1-20(2)32-28(33)17-31-30(35)24-11-9-23(10-12-24)29(34)25(18-38-26-13-5-21(3)6-14-26)19-39(36,37)27-15-7-22(4)8-16-27/h5-16,20,25H,17-19H2,1-4H3,(H,31,35)(H,32,33). The van der Waals surface area contributed by atoms with E-state index in [-0.39, 0.29) is 40.7 Å². The first kappa shape index (κ1) is 30.1. The molecule has 2 amide bonds. The molecule has 0 saturated heterocycles. The lowest BCUT2D eigenvalue weighted by molar-refractivity contribution is -0.120. The molecule has 0 bridgehead atoms. The van der Waals surface area contributed by atoms with Crippen LogP contribution in [0.2, 0.25) is 0 Å². The molecule has 0 aliphatic rings. The highest BCUT2D eigenvalue weighted by Crippen LogP contribution is 2.26. The van der Waals surface area contributed by atoms with E-state index in [9.17, 15) is 22.8 Å².